The van der Waals surface area contributed by atoms with Crippen molar-refractivity contribution in [2.24, 2.45) is 0 Å². The van der Waals surface area contributed by atoms with Crippen LogP contribution in [0.3, 0.4) is 0 Å². The molecule has 1 amide bonds. The zero-order valence-corrected chi connectivity index (χ0v) is 3.90. The van der Waals surface area contributed by atoms with Crippen LogP contribution in [0.4, 0.5) is 0 Å². The standard InChI is InChI=1S/C4H7N2O/c1-2-3-5-6-4-7/h2,5H,1,3H2,(H,6,7). The number of hydrogen-bond acceptors (Lipinski definition) is 2. The first kappa shape index (κ1) is 6.17. The molecule has 0 aliphatic rings. The van der Waals surface area contributed by atoms with Crippen molar-refractivity contribution < 1.29 is 4.79 Å². The second-order valence-electron chi connectivity index (χ2n) is 0.897. The molecule has 0 fully saturated rings. The van der Waals surface area contributed by atoms with E-state index in [0.717, 1.165) is 0 Å². The Balaban J connectivity index is 2.68. The molecule has 0 spiro atoms. The highest BCUT2D eigenvalue weighted by atomic mass is 16.1. The molecule has 0 aromatic carbocycles. The Kier molecular flexibility index (Phi) is 4.56. The predicted octanol–water partition coefficient (Wildman–Crippen LogP) is -0.666. The van der Waals surface area contributed by atoms with E-state index < -0.39 is 0 Å². The van der Waals surface area contributed by atoms with Gasteiger partial charge in [-0.3, -0.25) is 10.2 Å². The molecule has 0 rings (SSSR count). The van der Waals surface area contributed by atoms with E-state index in [2.05, 4.69) is 17.4 Å². The molecule has 0 aliphatic heterocycles. The quantitative estimate of drug-likeness (QED) is 0.212. The zero-order valence-electron chi connectivity index (χ0n) is 3.90. The van der Waals surface area contributed by atoms with Gasteiger partial charge >= 0.3 is 6.41 Å². The van der Waals surface area contributed by atoms with Gasteiger partial charge in [0.05, 0.1) is 0 Å². The Bertz CT molecular complexity index is 54.7. The first-order valence-electron chi connectivity index (χ1n) is 1.87. The molecule has 0 aromatic rings. The molecule has 3 nitrogen and oxygen atoms in total. The zero-order chi connectivity index (χ0) is 5.54. The van der Waals surface area contributed by atoms with Crippen molar-refractivity contribution in [2.75, 3.05) is 6.54 Å². The summed E-state index contributed by atoms with van der Waals surface area (Å²) in [6.45, 7) is 3.96. The van der Waals surface area contributed by atoms with Crippen molar-refractivity contribution in [3.8, 4) is 0 Å². The lowest BCUT2D eigenvalue weighted by Crippen LogP contribution is -2.29. The fraction of sp³-hybridized carbons (Fsp3) is 0.250. The summed E-state index contributed by atoms with van der Waals surface area (Å²) < 4.78 is 0. The van der Waals surface area contributed by atoms with E-state index in [1.807, 2.05) is 0 Å². The van der Waals surface area contributed by atoms with E-state index in [9.17, 15) is 4.79 Å². The molecule has 0 atom stereocenters. The second kappa shape index (κ2) is 5.17. The summed E-state index contributed by atoms with van der Waals surface area (Å²) in [7, 11) is 0. The SMILES string of the molecule is C=CCNN[C]=O. The summed E-state index contributed by atoms with van der Waals surface area (Å²) >= 11 is 0. The third kappa shape index (κ3) is 5.17. The Hall–Kier alpha value is -0.830. The normalized spacial score (nSPS) is 7.43. The lowest BCUT2D eigenvalue weighted by Gasteiger charge is -1.91. The summed E-state index contributed by atoms with van der Waals surface area (Å²) in [5.41, 5.74) is 4.62. The maximum absolute atomic E-state index is 9.35. The average molecular weight is 99.1 g/mol. The van der Waals surface area contributed by atoms with Crippen molar-refractivity contribution in [1.29, 1.82) is 0 Å². The van der Waals surface area contributed by atoms with Crippen LogP contribution in [-0.2, 0) is 4.79 Å². The first-order valence-corrected chi connectivity index (χ1v) is 1.87. The molecule has 2 N–H and O–H groups in total. The summed E-state index contributed by atoms with van der Waals surface area (Å²) in [5, 5.41) is 0. The predicted molar refractivity (Wildman–Crippen MR) is 27.0 cm³/mol. The van der Waals surface area contributed by atoms with Gasteiger partial charge in [0.15, 0.2) is 0 Å². The van der Waals surface area contributed by atoms with Crippen LogP contribution in [0.5, 0.6) is 0 Å². The first-order chi connectivity index (χ1) is 3.41. The van der Waals surface area contributed by atoms with Gasteiger partial charge in [-0.1, -0.05) is 6.08 Å². The van der Waals surface area contributed by atoms with Gasteiger partial charge in [0, 0.05) is 6.54 Å². The highest BCUT2D eigenvalue weighted by Crippen LogP contribution is 1.49. The lowest BCUT2D eigenvalue weighted by molar-refractivity contribution is 0.528. The number of rotatable bonds is 4. The molecule has 0 saturated heterocycles. The van der Waals surface area contributed by atoms with Gasteiger partial charge in [-0.2, -0.15) is 0 Å². The molecule has 0 heterocycles. The fourth-order valence-corrected chi connectivity index (χ4v) is 0.159. The number of hydrazine groups is 1. The molecule has 7 heavy (non-hydrogen) atoms. The van der Waals surface area contributed by atoms with Crippen LogP contribution in [0, 0.1) is 0 Å². The van der Waals surface area contributed by atoms with E-state index in [-0.39, 0.29) is 0 Å². The van der Waals surface area contributed by atoms with Crippen LogP contribution in [-0.4, -0.2) is 13.0 Å². The van der Waals surface area contributed by atoms with Gasteiger partial charge in [-0.25, -0.2) is 5.43 Å². The number of nitrogens with one attached hydrogen (secondary N) is 2. The maximum atomic E-state index is 9.35. The van der Waals surface area contributed by atoms with E-state index in [1.54, 1.807) is 6.08 Å². The Labute approximate surface area is 42.4 Å². The number of hydrogen-bond donors (Lipinski definition) is 2. The minimum absolute atomic E-state index is 0.565. The van der Waals surface area contributed by atoms with E-state index in [1.165, 1.54) is 6.41 Å². The molecule has 1 radical (unpaired) electrons. The third-order valence-corrected chi connectivity index (χ3v) is 0.386. The minimum atomic E-state index is 0.565. The molecule has 39 valence electrons. The molecule has 0 aromatic heterocycles. The molecular weight excluding hydrogens is 92.1 g/mol. The Morgan fingerprint density at radius 1 is 1.86 bits per heavy atom. The Morgan fingerprint density at radius 2 is 2.57 bits per heavy atom. The summed E-state index contributed by atoms with van der Waals surface area (Å²) in [6, 6.07) is 0. The average Bonchev–Trinajstić information content (AvgIpc) is 1.69. The van der Waals surface area contributed by atoms with Crippen LogP contribution >= 0.6 is 0 Å². The topological polar surface area (TPSA) is 41.1 Å². The highest BCUT2D eigenvalue weighted by molar-refractivity contribution is 5.45. The van der Waals surface area contributed by atoms with Crippen LogP contribution < -0.4 is 10.9 Å². The van der Waals surface area contributed by atoms with Gasteiger partial charge in [0.25, 0.3) is 0 Å². The molecule has 0 bridgehead atoms. The largest absolute Gasteiger partial charge is 0.324 e. The number of carbonyl (C=O) groups excluding carboxylic acids is 1. The molecule has 0 aliphatic carbocycles. The van der Waals surface area contributed by atoms with E-state index >= 15 is 0 Å². The van der Waals surface area contributed by atoms with Crippen LogP contribution in [0.15, 0.2) is 12.7 Å². The van der Waals surface area contributed by atoms with Crippen molar-refractivity contribution in [1.82, 2.24) is 10.9 Å². The van der Waals surface area contributed by atoms with Gasteiger partial charge < -0.3 is 0 Å². The van der Waals surface area contributed by atoms with Gasteiger partial charge in [0.2, 0.25) is 0 Å². The van der Waals surface area contributed by atoms with Crippen LogP contribution in [0.1, 0.15) is 0 Å². The van der Waals surface area contributed by atoms with Gasteiger partial charge in [-0.15, -0.1) is 6.58 Å². The third-order valence-electron chi connectivity index (χ3n) is 0.386. The number of amides is 1. The van der Waals surface area contributed by atoms with Crippen LogP contribution in [0.2, 0.25) is 0 Å². The maximum Gasteiger partial charge on any atom is 0.324 e. The van der Waals surface area contributed by atoms with Gasteiger partial charge in [0.1, 0.15) is 0 Å². The van der Waals surface area contributed by atoms with Crippen molar-refractivity contribution in [2.45, 2.75) is 0 Å². The Morgan fingerprint density at radius 3 is 3.00 bits per heavy atom. The molecule has 0 unspecified atom stereocenters. The fourth-order valence-electron chi connectivity index (χ4n) is 0.159. The van der Waals surface area contributed by atoms with Crippen LogP contribution in [0.25, 0.3) is 0 Å². The van der Waals surface area contributed by atoms with Crippen molar-refractivity contribution in [3.63, 3.8) is 0 Å². The summed E-state index contributed by atoms with van der Waals surface area (Å²) in [5.74, 6) is 0. The minimum Gasteiger partial charge on any atom is -0.283 e. The lowest BCUT2D eigenvalue weighted by atomic mass is 10.7. The van der Waals surface area contributed by atoms with Gasteiger partial charge in [-0.05, 0) is 0 Å². The summed E-state index contributed by atoms with van der Waals surface area (Å²) in [6.07, 6.45) is 3.07. The second-order valence-corrected chi connectivity index (χ2v) is 0.897. The van der Waals surface area contributed by atoms with E-state index in [4.69, 9.17) is 0 Å². The van der Waals surface area contributed by atoms with E-state index in [0.29, 0.717) is 6.54 Å². The highest BCUT2D eigenvalue weighted by Gasteiger charge is 1.70. The van der Waals surface area contributed by atoms with Crippen molar-refractivity contribution >= 4 is 6.41 Å². The molecule has 3 heteroatoms. The monoisotopic (exact) mass is 99.1 g/mol. The summed E-state index contributed by atoms with van der Waals surface area (Å²) in [4.78, 5) is 9.35. The smallest absolute Gasteiger partial charge is 0.283 e. The molecular formula is C4H7N2O. The van der Waals surface area contributed by atoms with Crippen molar-refractivity contribution in [3.05, 3.63) is 12.7 Å². The molecule has 0 saturated carbocycles.